The van der Waals surface area contributed by atoms with Crippen LogP contribution in [0.25, 0.3) is 12.2 Å². The van der Waals surface area contributed by atoms with Gasteiger partial charge in [0, 0.05) is 33.2 Å². The molecular formula is C34H30Br4. The van der Waals surface area contributed by atoms with Crippen LogP contribution in [0.3, 0.4) is 0 Å². The van der Waals surface area contributed by atoms with E-state index in [0.29, 0.717) is 0 Å². The zero-order chi connectivity index (χ0) is 26.7. The van der Waals surface area contributed by atoms with E-state index in [4.69, 9.17) is 0 Å². The first-order valence-corrected chi connectivity index (χ1v) is 17.1. The Labute approximate surface area is 260 Å². The summed E-state index contributed by atoms with van der Waals surface area (Å²) in [6, 6.07) is 35.3. The van der Waals surface area contributed by atoms with Crippen LogP contribution in [0, 0.1) is 0 Å². The Morgan fingerprint density at radius 1 is 0.447 bits per heavy atom. The van der Waals surface area contributed by atoms with E-state index in [1.165, 1.54) is 44.5 Å². The number of allylic oxidation sites excluding steroid dienone is 2. The lowest BCUT2D eigenvalue weighted by Crippen LogP contribution is -2.08. The molecule has 0 aliphatic rings. The average Bonchev–Trinajstić information content (AvgIpc) is 2.99. The van der Waals surface area contributed by atoms with E-state index in [2.05, 4.69) is 185 Å². The second kappa shape index (κ2) is 15.2. The summed E-state index contributed by atoms with van der Waals surface area (Å²) in [5, 5.41) is 3.38. The lowest BCUT2D eigenvalue weighted by atomic mass is 9.79. The maximum Gasteiger partial charge on any atom is 0.0283 e. The lowest BCUT2D eigenvalue weighted by Gasteiger charge is -2.24. The van der Waals surface area contributed by atoms with Gasteiger partial charge in [-0.15, -0.1) is 0 Å². The summed E-state index contributed by atoms with van der Waals surface area (Å²) in [7, 11) is 0. The quantitative estimate of drug-likeness (QED) is 0.134. The summed E-state index contributed by atoms with van der Waals surface area (Å²) < 4.78 is 0. The molecule has 0 aliphatic heterocycles. The van der Waals surface area contributed by atoms with E-state index in [9.17, 15) is 0 Å². The van der Waals surface area contributed by atoms with Crippen molar-refractivity contribution in [1.29, 1.82) is 0 Å². The molecule has 0 unspecified atom stereocenters. The Bertz CT molecular complexity index is 1280. The molecule has 0 saturated carbocycles. The first-order chi connectivity index (χ1) is 18.6. The third-order valence-corrected chi connectivity index (χ3v) is 9.16. The molecule has 0 heterocycles. The Balaban J connectivity index is 1.84. The van der Waals surface area contributed by atoms with Crippen LogP contribution in [-0.2, 0) is 21.3 Å². The molecule has 0 spiro atoms. The Morgan fingerprint density at radius 3 is 1.16 bits per heavy atom. The maximum atomic E-state index is 3.66. The van der Waals surface area contributed by atoms with E-state index >= 15 is 0 Å². The molecule has 4 rings (SSSR count). The zero-order valence-electron chi connectivity index (χ0n) is 21.0. The summed E-state index contributed by atoms with van der Waals surface area (Å²) in [6.07, 6.45) is 9.31. The van der Waals surface area contributed by atoms with E-state index in [1.54, 1.807) is 0 Å². The summed E-state index contributed by atoms with van der Waals surface area (Å²) in [5.74, 6) is 0.311. The minimum atomic E-state index is 0.155. The fourth-order valence-corrected chi connectivity index (χ4v) is 6.03. The van der Waals surface area contributed by atoms with Crippen LogP contribution in [0.5, 0.6) is 0 Å². The zero-order valence-corrected chi connectivity index (χ0v) is 27.4. The van der Waals surface area contributed by atoms with Gasteiger partial charge in [0.05, 0.1) is 0 Å². The minimum absolute atomic E-state index is 0.155. The second-order valence-corrected chi connectivity index (χ2v) is 11.5. The highest BCUT2D eigenvalue weighted by atomic mass is 79.9. The molecule has 0 aliphatic carbocycles. The Kier molecular flexibility index (Phi) is 11.7. The molecule has 4 aromatic rings. The highest BCUT2D eigenvalue weighted by molar-refractivity contribution is 9.09. The Morgan fingerprint density at radius 2 is 0.789 bits per heavy atom. The molecular weight excluding hydrogens is 728 g/mol. The number of benzene rings is 4. The van der Waals surface area contributed by atoms with Crippen LogP contribution in [0.2, 0.25) is 0 Å². The van der Waals surface area contributed by atoms with Gasteiger partial charge in [0.15, 0.2) is 0 Å². The summed E-state index contributed by atoms with van der Waals surface area (Å²) in [4.78, 5) is 0. The van der Waals surface area contributed by atoms with Gasteiger partial charge in [-0.25, -0.2) is 0 Å². The van der Waals surface area contributed by atoms with Gasteiger partial charge in [-0.1, -0.05) is 185 Å². The number of halogens is 4. The van der Waals surface area contributed by atoms with Crippen LogP contribution >= 0.6 is 63.7 Å². The van der Waals surface area contributed by atoms with Crippen molar-refractivity contribution in [2.24, 2.45) is 0 Å². The van der Waals surface area contributed by atoms with Gasteiger partial charge < -0.3 is 0 Å². The highest BCUT2D eigenvalue weighted by Crippen LogP contribution is 2.38. The van der Waals surface area contributed by atoms with Crippen LogP contribution < -0.4 is 0 Å². The first-order valence-electron chi connectivity index (χ1n) is 12.6. The second-order valence-electron chi connectivity index (χ2n) is 9.28. The molecule has 2 atom stereocenters. The molecule has 4 heteroatoms. The standard InChI is InChI=1S/C34H30Br4/c35-21-27-7-1-5-25(17-27)13-15-33(31-11-3-9-29(19-31)23-37)34(32-12-4-10-30(20-32)24-38)16-14-26-6-2-8-28(18-26)22-36/h1-20,33-34H,21-24H2/b15-13+,16-14+/t33-,34+. The molecule has 38 heavy (non-hydrogen) atoms. The molecule has 0 radical (unpaired) electrons. The normalized spacial score (nSPS) is 13.3. The summed E-state index contributed by atoms with van der Waals surface area (Å²) in [6.45, 7) is 0. The average molecular weight is 758 g/mol. The van der Waals surface area contributed by atoms with Gasteiger partial charge in [-0.2, -0.15) is 0 Å². The molecule has 194 valence electrons. The third kappa shape index (κ3) is 8.14. The van der Waals surface area contributed by atoms with Crippen LogP contribution in [0.4, 0.5) is 0 Å². The number of rotatable bonds is 11. The van der Waals surface area contributed by atoms with Gasteiger partial charge in [0.1, 0.15) is 0 Å². The number of hydrogen-bond donors (Lipinski definition) is 0. The fraction of sp³-hybridized carbons (Fsp3) is 0.176. The predicted octanol–water partition coefficient (Wildman–Crippen LogP) is 11.6. The molecule has 0 nitrogen and oxygen atoms in total. The van der Waals surface area contributed by atoms with Crippen molar-refractivity contribution in [3.8, 4) is 0 Å². The van der Waals surface area contributed by atoms with Gasteiger partial charge in [-0.3, -0.25) is 0 Å². The topological polar surface area (TPSA) is 0 Å². The number of hydrogen-bond acceptors (Lipinski definition) is 0. The summed E-state index contributed by atoms with van der Waals surface area (Å²) in [5.41, 5.74) is 10.2. The van der Waals surface area contributed by atoms with E-state index in [0.717, 1.165) is 21.3 Å². The smallest absolute Gasteiger partial charge is 0.0283 e. The van der Waals surface area contributed by atoms with E-state index in [-0.39, 0.29) is 11.8 Å². The van der Waals surface area contributed by atoms with Crippen molar-refractivity contribution in [2.75, 3.05) is 0 Å². The van der Waals surface area contributed by atoms with Crippen LogP contribution in [0.15, 0.2) is 109 Å². The molecule has 0 amide bonds. The highest BCUT2D eigenvalue weighted by Gasteiger charge is 2.21. The molecule has 0 bridgehead atoms. The molecule has 0 N–H and O–H groups in total. The van der Waals surface area contributed by atoms with Crippen molar-refractivity contribution >= 4 is 75.9 Å². The largest absolute Gasteiger partial charge is 0.0876 e. The SMILES string of the molecule is BrCc1cccc(/C=C/[C@H](c2cccc(CBr)c2)[C@@H](/C=C/c2cccc(CBr)c2)c2cccc(CBr)c2)c1. The van der Waals surface area contributed by atoms with Crippen LogP contribution in [-0.4, -0.2) is 0 Å². The van der Waals surface area contributed by atoms with E-state index < -0.39 is 0 Å². The van der Waals surface area contributed by atoms with Gasteiger partial charge in [0.2, 0.25) is 0 Å². The molecule has 0 aromatic heterocycles. The van der Waals surface area contributed by atoms with Crippen molar-refractivity contribution in [2.45, 2.75) is 33.2 Å². The van der Waals surface area contributed by atoms with Gasteiger partial charge in [0.25, 0.3) is 0 Å². The van der Waals surface area contributed by atoms with Crippen molar-refractivity contribution in [3.63, 3.8) is 0 Å². The van der Waals surface area contributed by atoms with E-state index in [1.807, 2.05) is 0 Å². The predicted molar refractivity (Wildman–Crippen MR) is 180 cm³/mol. The van der Waals surface area contributed by atoms with Gasteiger partial charge in [-0.05, 0) is 44.5 Å². The number of alkyl halides is 4. The first kappa shape index (κ1) is 29.3. The summed E-state index contributed by atoms with van der Waals surface area (Å²) >= 11 is 14.5. The molecule has 0 fully saturated rings. The fourth-order valence-electron chi connectivity index (χ4n) is 4.63. The van der Waals surface area contributed by atoms with Crippen molar-refractivity contribution in [3.05, 3.63) is 154 Å². The Hall–Kier alpha value is -1.72. The maximum absolute atomic E-state index is 3.66. The monoisotopic (exact) mass is 754 g/mol. The van der Waals surface area contributed by atoms with Crippen LogP contribution in [0.1, 0.15) is 56.3 Å². The third-order valence-electron chi connectivity index (χ3n) is 6.57. The van der Waals surface area contributed by atoms with Crippen molar-refractivity contribution in [1.82, 2.24) is 0 Å². The van der Waals surface area contributed by atoms with Gasteiger partial charge >= 0.3 is 0 Å². The van der Waals surface area contributed by atoms with Crippen molar-refractivity contribution < 1.29 is 0 Å². The molecule has 0 saturated heterocycles. The molecule has 4 aromatic carbocycles. The lowest BCUT2D eigenvalue weighted by molar-refractivity contribution is 0.741. The minimum Gasteiger partial charge on any atom is -0.0876 e.